The number of hydrogen-bond acceptors (Lipinski definition) is 0. The fourth-order valence-electron chi connectivity index (χ4n) is 5.40. The first-order valence-corrected chi connectivity index (χ1v) is 15.2. The molecule has 1 heterocycles. The van der Waals surface area contributed by atoms with Crippen LogP contribution in [0.1, 0.15) is 69.4 Å². The van der Waals surface area contributed by atoms with E-state index in [4.69, 9.17) is 0 Å². The molecule has 1 aliphatic rings. The lowest BCUT2D eigenvalue weighted by atomic mass is 9.86. The minimum absolute atomic E-state index is 0.204. The quantitative estimate of drug-likeness (QED) is 0.213. The molecule has 34 heavy (non-hydrogen) atoms. The third-order valence-electron chi connectivity index (χ3n) is 7.40. The van der Waals surface area contributed by atoms with Crippen molar-refractivity contribution in [2.45, 2.75) is 82.8 Å². The Labute approximate surface area is 206 Å². The molecule has 1 radical (unpaired) electrons. The van der Waals surface area contributed by atoms with Crippen LogP contribution in [-0.2, 0) is 6.42 Å². The van der Waals surface area contributed by atoms with Crippen molar-refractivity contribution in [3.63, 3.8) is 0 Å². The van der Waals surface area contributed by atoms with Crippen LogP contribution in [0.2, 0.25) is 18.1 Å². The Bertz CT molecular complexity index is 1070. The van der Waals surface area contributed by atoms with E-state index < -0.39 is 11.6 Å². The minimum Gasteiger partial charge on any atom is -0.203 e. The zero-order chi connectivity index (χ0) is 23.9. The van der Waals surface area contributed by atoms with Gasteiger partial charge in [-0.3, -0.25) is 0 Å². The molecule has 1 saturated heterocycles. The summed E-state index contributed by atoms with van der Waals surface area (Å²) in [5.41, 5.74) is 4.92. The predicted molar refractivity (Wildman–Crippen MR) is 143 cm³/mol. The van der Waals surface area contributed by atoms with Gasteiger partial charge in [0, 0.05) is 14.4 Å². The molecule has 0 atom stereocenters. The average molecular weight is 476 g/mol. The summed E-state index contributed by atoms with van der Waals surface area (Å²) in [7, 11) is -0.204. The van der Waals surface area contributed by atoms with Gasteiger partial charge in [-0.25, -0.2) is 8.78 Å². The highest BCUT2D eigenvalue weighted by Crippen LogP contribution is 2.41. The van der Waals surface area contributed by atoms with E-state index in [2.05, 4.69) is 25.1 Å². The number of rotatable bonds is 9. The van der Waals surface area contributed by atoms with Crippen LogP contribution in [0.4, 0.5) is 8.78 Å². The second kappa shape index (κ2) is 11.9. The summed E-state index contributed by atoms with van der Waals surface area (Å²) in [5.74, 6) is -0.887. The van der Waals surface area contributed by atoms with E-state index in [1.165, 1.54) is 55.8 Å². The Hall–Kier alpha value is -2.26. The molecule has 0 aromatic heterocycles. The van der Waals surface area contributed by atoms with Crippen molar-refractivity contribution in [2.24, 2.45) is 0 Å². The van der Waals surface area contributed by atoms with Crippen LogP contribution in [-0.4, -0.2) is 8.80 Å². The third kappa shape index (κ3) is 5.68. The van der Waals surface area contributed by atoms with Crippen LogP contribution >= 0.6 is 0 Å². The first kappa shape index (κ1) is 24.8. The molecular weight excluding hydrogens is 438 g/mol. The number of unbranched alkanes of at least 4 members (excludes halogenated alkanes) is 2. The number of halogens is 2. The zero-order valence-corrected chi connectivity index (χ0v) is 21.7. The van der Waals surface area contributed by atoms with E-state index in [9.17, 15) is 4.39 Å². The van der Waals surface area contributed by atoms with Gasteiger partial charge in [0.25, 0.3) is 0 Å². The summed E-state index contributed by atoms with van der Waals surface area (Å²) in [6.07, 6.45) is 7.87. The minimum atomic E-state index is -0.717. The largest absolute Gasteiger partial charge is 0.203 e. The van der Waals surface area contributed by atoms with Crippen LogP contribution in [0.15, 0.2) is 60.7 Å². The summed E-state index contributed by atoms with van der Waals surface area (Å²) in [4.78, 5) is 0. The van der Waals surface area contributed by atoms with Crippen LogP contribution < -0.4 is 0 Å². The second-order valence-corrected chi connectivity index (χ2v) is 12.8. The third-order valence-corrected chi connectivity index (χ3v) is 10.5. The van der Waals surface area contributed by atoms with Gasteiger partial charge in [-0.1, -0.05) is 118 Å². The zero-order valence-electron chi connectivity index (χ0n) is 20.7. The normalized spacial score (nSPS) is 15.1. The molecule has 4 rings (SSSR count). The molecule has 0 spiro atoms. The van der Waals surface area contributed by atoms with E-state index in [1.807, 2.05) is 37.3 Å². The van der Waals surface area contributed by atoms with Crippen molar-refractivity contribution in [1.82, 2.24) is 0 Å². The monoisotopic (exact) mass is 475 g/mol. The number of benzene rings is 3. The van der Waals surface area contributed by atoms with Gasteiger partial charge < -0.3 is 0 Å². The van der Waals surface area contributed by atoms with Gasteiger partial charge in [-0.05, 0) is 53.0 Å². The fraction of sp³-hybridized carbons (Fsp3) is 0.419. The van der Waals surface area contributed by atoms with Gasteiger partial charge >= 0.3 is 0 Å². The molecule has 0 aliphatic carbocycles. The van der Waals surface area contributed by atoms with Gasteiger partial charge in [-0.2, -0.15) is 0 Å². The Morgan fingerprint density at radius 3 is 2.21 bits per heavy atom. The van der Waals surface area contributed by atoms with Crippen LogP contribution in [0.5, 0.6) is 0 Å². The summed E-state index contributed by atoms with van der Waals surface area (Å²) >= 11 is 0. The van der Waals surface area contributed by atoms with E-state index in [1.54, 1.807) is 12.1 Å². The van der Waals surface area contributed by atoms with Crippen LogP contribution in [0.25, 0.3) is 22.3 Å². The van der Waals surface area contributed by atoms with Crippen LogP contribution in [0.3, 0.4) is 0 Å². The lowest BCUT2D eigenvalue weighted by Gasteiger charge is -2.28. The standard InChI is InChI=1S/C31H37F2Si/c1-3-5-9-19-34-20-17-23(18-21-34)26-14-15-27(24-11-7-6-8-12-24)29(22-26)28-16-13-25(10-4-2)30(32)31(28)33/h6-8,11-16,22-23H,3-5,9-10,17-21H2,1-2H3. The van der Waals surface area contributed by atoms with Gasteiger partial charge in [-0.15, -0.1) is 0 Å². The van der Waals surface area contributed by atoms with Crippen molar-refractivity contribution in [3.05, 3.63) is 83.4 Å². The summed E-state index contributed by atoms with van der Waals surface area (Å²) in [6, 6.07) is 24.3. The lowest BCUT2D eigenvalue weighted by molar-refractivity contribution is 0.500. The summed E-state index contributed by atoms with van der Waals surface area (Å²) in [6.45, 7) is 4.26. The van der Waals surface area contributed by atoms with Gasteiger partial charge in [0.05, 0.1) is 0 Å². The number of aryl methyl sites for hydroxylation is 1. The molecule has 179 valence electrons. The molecule has 0 nitrogen and oxygen atoms in total. The SMILES string of the molecule is CCCCC[Si]1CCC(c2ccc(-c3ccccc3)c(-c3ccc(CCC)c(F)c3F)c2)CC1. The van der Waals surface area contributed by atoms with E-state index in [-0.39, 0.29) is 8.80 Å². The van der Waals surface area contributed by atoms with Crippen molar-refractivity contribution < 1.29 is 8.78 Å². The molecule has 3 heteroatoms. The van der Waals surface area contributed by atoms with Gasteiger partial charge in [0.15, 0.2) is 11.6 Å². The highest BCUT2D eigenvalue weighted by Gasteiger charge is 2.25. The molecule has 1 aliphatic heterocycles. The maximum Gasteiger partial charge on any atom is 0.166 e. The van der Waals surface area contributed by atoms with E-state index >= 15 is 4.39 Å². The van der Waals surface area contributed by atoms with Crippen molar-refractivity contribution >= 4 is 8.80 Å². The molecule has 0 unspecified atom stereocenters. The maximum atomic E-state index is 15.4. The molecule has 0 N–H and O–H groups in total. The molecular formula is C31H37F2Si. The Morgan fingerprint density at radius 2 is 1.50 bits per heavy atom. The van der Waals surface area contributed by atoms with Crippen LogP contribution in [0, 0.1) is 11.6 Å². The molecule has 0 saturated carbocycles. The van der Waals surface area contributed by atoms with E-state index in [0.29, 0.717) is 23.5 Å². The average Bonchev–Trinajstić information content (AvgIpc) is 2.88. The molecule has 3 aromatic rings. The number of hydrogen-bond donors (Lipinski definition) is 0. The van der Waals surface area contributed by atoms with Gasteiger partial charge in [0.2, 0.25) is 0 Å². The Balaban J connectivity index is 1.66. The molecule has 3 aromatic carbocycles. The molecule has 1 fully saturated rings. The molecule has 0 bridgehead atoms. The maximum absolute atomic E-state index is 15.4. The second-order valence-electron chi connectivity index (χ2n) is 9.80. The van der Waals surface area contributed by atoms with Gasteiger partial charge in [0.1, 0.15) is 0 Å². The highest BCUT2D eigenvalue weighted by atomic mass is 28.3. The topological polar surface area (TPSA) is 0 Å². The summed E-state index contributed by atoms with van der Waals surface area (Å²) < 4.78 is 30.3. The Kier molecular flexibility index (Phi) is 8.72. The first-order chi connectivity index (χ1) is 16.6. The Morgan fingerprint density at radius 1 is 0.765 bits per heavy atom. The van der Waals surface area contributed by atoms with Crippen molar-refractivity contribution in [3.8, 4) is 22.3 Å². The molecule has 0 amide bonds. The smallest absolute Gasteiger partial charge is 0.166 e. The lowest BCUT2D eigenvalue weighted by Crippen LogP contribution is -2.20. The van der Waals surface area contributed by atoms with Crippen molar-refractivity contribution in [1.29, 1.82) is 0 Å². The summed E-state index contributed by atoms with van der Waals surface area (Å²) in [5, 5.41) is 0. The first-order valence-electron chi connectivity index (χ1n) is 13.1. The predicted octanol–water partition coefficient (Wildman–Crippen LogP) is 9.81. The fourth-order valence-corrected chi connectivity index (χ4v) is 8.42. The van der Waals surface area contributed by atoms with E-state index in [0.717, 1.165) is 23.1 Å². The van der Waals surface area contributed by atoms with Crippen molar-refractivity contribution in [2.75, 3.05) is 0 Å². The highest BCUT2D eigenvalue weighted by molar-refractivity contribution is 6.59.